The van der Waals surface area contributed by atoms with Gasteiger partial charge < -0.3 is 14.7 Å². The highest BCUT2D eigenvalue weighted by atomic mass is 32.5. The SMILES string of the molecule is O=C1C=CC(=O)N1.OP(O)(O)=S. The second-order valence-electron chi connectivity index (χ2n) is 1.70. The molecule has 0 aromatic carbocycles. The average molecular weight is 211 g/mol. The van der Waals surface area contributed by atoms with Crippen molar-refractivity contribution >= 4 is 30.3 Å². The Hall–Kier alpha value is -0.590. The molecule has 12 heavy (non-hydrogen) atoms. The molecule has 1 heterocycles. The number of carbonyl (C=O) groups is 2. The molecule has 0 fully saturated rings. The predicted molar refractivity (Wildman–Crippen MR) is 43.2 cm³/mol. The Bertz CT molecular complexity index is 244. The zero-order valence-electron chi connectivity index (χ0n) is 5.67. The lowest BCUT2D eigenvalue weighted by molar-refractivity contribution is -0.123. The third kappa shape index (κ3) is 9.41. The van der Waals surface area contributed by atoms with Gasteiger partial charge in [-0.2, -0.15) is 0 Å². The van der Waals surface area contributed by atoms with Gasteiger partial charge in [-0.1, -0.05) is 0 Å². The summed E-state index contributed by atoms with van der Waals surface area (Å²) in [5.74, 6) is -0.657. The molecule has 0 unspecified atom stereocenters. The molecule has 2 amide bonds. The van der Waals surface area contributed by atoms with Crippen molar-refractivity contribution in [3.05, 3.63) is 12.2 Å². The summed E-state index contributed by atoms with van der Waals surface area (Å²) in [6.45, 7) is -3.81. The highest BCUT2D eigenvalue weighted by Crippen LogP contribution is 2.26. The van der Waals surface area contributed by atoms with Crippen molar-refractivity contribution in [1.29, 1.82) is 0 Å². The first-order chi connectivity index (χ1) is 5.29. The van der Waals surface area contributed by atoms with Crippen LogP contribution in [0.2, 0.25) is 0 Å². The van der Waals surface area contributed by atoms with E-state index >= 15 is 0 Å². The minimum atomic E-state index is -3.81. The van der Waals surface area contributed by atoms with Crippen molar-refractivity contribution in [2.45, 2.75) is 0 Å². The molecule has 0 radical (unpaired) electrons. The van der Waals surface area contributed by atoms with E-state index in [9.17, 15) is 9.59 Å². The van der Waals surface area contributed by atoms with Crippen molar-refractivity contribution in [2.24, 2.45) is 0 Å². The van der Waals surface area contributed by atoms with Gasteiger partial charge >= 0.3 is 6.72 Å². The first-order valence-electron chi connectivity index (χ1n) is 2.60. The zero-order valence-corrected chi connectivity index (χ0v) is 7.38. The summed E-state index contributed by atoms with van der Waals surface area (Å²) >= 11 is 3.60. The van der Waals surface area contributed by atoms with E-state index in [1.54, 1.807) is 0 Å². The van der Waals surface area contributed by atoms with Crippen molar-refractivity contribution in [2.75, 3.05) is 0 Å². The van der Waals surface area contributed by atoms with E-state index in [0.717, 1.165) is 0 Å². The first-order valence-corrected chi connectivity index (χ1v) is 5.26. The van der Waals surface area contributed by atoms with Crippen LogP contribution in [0.3, 0.4) is 0 Å². The third-order valence-corrected chi connectivity index (χ3v) is 0.632. The van der Waals surface area contributed by atoms with Gasteiger partial charge in [-0.25, -0.2) is 0 Å². The van der Waals surface area contributed by atoms with Crippen molar-refractivity contribution < 1.29 is 24.3 Å². The average Bonchev–Trinajstić information content (AvgIpc) is 2.09. The highest BCUT2D eigenvalue weighted by molar-refractivity contribution is 8.06. The maximum absolute atomic E-state index is 10.0. The Morgan fingerprint density at radius 1 is 1.17 bits per heavy atom. The fourth-order valence-corrected chi connectivity index (χ4v) is 0.356. The van der Waals surface area contributed by atoms with Crippen LogP contribution in [-0.2, 0) is 21.4 Å². The minimum Gasteiger partial charge on any atom is -0.325 e. The smallest absolute Gasteiger partial charge is 0.319 e. The summed E-state index contributed by atoms with van der Waals surface area (Å²) in [6, 6.07) is 0. The van der Waals surface area contributed by atoms with Crippen LogP contribution in [0.1, 0.15) is 0 Å². The Morgan fingerprint density at radius 3 is 1.50 bits per heavy atom. The Labute approximate surface area is 72.8 Å². The molecule has 0 aromatic rings. The Kier molecular flexibility index (Phi) is 4.22. The van der Waals surface area contributed by atoms with E-state index in [2.05, 4.69) is 11.8 Å². The number of hydrogen-bond acceptors (Lipinski definition) is 3. The number of imide groups is 1. The molecular weight excluding hydrogens is 205 g/mol. The van der Waals surface area contributed by atoms with Gasteiger partial charge in [-0.05, 0) is 11.8 Å². The molecule has 0 bridgehead atoms. The van der Waals surface area contributed by atoms with Gasteiger partial charge in [0.1, 0.15) is 0 Å². The molecule has 0 atom stereocenters. The number of amides is 2. The van der Waals surface area contributed by atoms with Crippen molar-refractivity contribution in [3.8, 4) is 0 Å². The summed E-state index contributed by atoms with van der Waals surface area (Å²) in [7, 11) is 0. The Balaban J connectivity index is 0.000000217. The van der Waals surface area contributed by atoms with Gasteiger partial charge in [0.2, 0.25) is 0 Å². The molecule has 0 spiro atoms. The lowest BCUT2D eigenvalue weighted by Gasteiger charge is -1.88. The maximum Gasteiger partial charge on any atom is 0.319 e. The van der Waals surface area contributed by atoms with Crippen molar-refractivity contribution in [1.82, 2.24) is 5.32 Å². The van der Waals surface area contributed by atoms with Crippen LogP contribution in [0.15, 0.2) is 12.2 Å². The van der Waals surface area contributed by atoms with Crippen LogP contribution in [0, 0.1) is 0 Å². The zero-order chi connectivity index (χ0) is 9.78. The molecule has 0 aromatic heterocycles. The molecule has 1 aliphatic heterocycles. The quantitative estimate of drug-likeness (QED) is 0.283. The molecule has 0 aliphatic carbocycles. The van der Waals surface area contributed by atoms with Crippen LogP contribution < -0.4 is 5.32 Å². The van der Waals surface area contributed by atoms with Gasteiger partial charge in [0.25, 0.3) is 11.8 Å². The molecule has 0 saturated carbocycles. The van der Waals surface area contributed by atoms with E-state index in [4.69, 9.17) is 14.7 Å². The standard InChI is InChI=1S/C4H3NO2.H3O3PS/c6-3-1-2-4(7)5-3;1-4(2,3)5/h1-2H,(H,5,6,7);(H3,1,2,3,5). The van der Waals surface area contributed by atoms with Gasteiger partial charge in [0.05, 0.1) is 0 Å². The van der Waals surface area contributed by atoms with E-state index in [-0.39, 0.29) is 11.8 Å². The molecule has 0 saturated heterocycles. The second kappa shape index (κ2) is 4.44. The third-order valence-electron chi connectivity index (χ3n) is 0.632. The monoisotopic (exact) mass is 211 g/mol. The van der Waals surface area contributed by atoms with Crippen molar-refractivity contribution in [3.63, 3.8) is 0 Å². The maximum atomic E-state index is 10.0. The number of hydrogen-bond donors (Lipinski definition) is 4. The highest BCUT2D eigenvalue weighted by Gasteiger charge is 2.06. The fourth-order valence-electron chi connectivity index (χ4n) is 0.356. The lowest BCUT2D eigenvalue weighted by atomic mass is 10.6. The van der Waals surface area contributed by atoms with Crippen LogP contribution in [0.4, 0.5) is 0 Å². The second-order valence-corrected chi connectivity index (χ2v) is 4.20. The first kappa shape index (κ1) is 11.4. The van der Waals surface area contributed by atoms with E-state index in [0.29, 0.717) is 0 Å². The molecular formula is C4H6NO5PS. The predicted octanol–water partition coefficient (Wildman–Crippen LogP) is -1.61. The van der Waals surface area contributed by atoms with Crippen LogP contribution in [0.5, 0.6) is 0 Å². The lowest BCUT2D eigenvalue weighted by Crippen LogP contribution is -2.19. The molecule has 6 nitrogen and oxygen atoms in total. The van der Waals surface area contributed by atoms with Gasteiger partial charge in [0, 0.05) is 12.2 Å². The largest absolute Gasteiger partial charge is 0.325 e. The molecule has 8 heteroatoms. The van der Waals surface area contributed by atoms with E-state index in [1.807, 2.05) is 5.32 Å². The van der Waals surface area contributed by atoms with Gasteiger partial charge in [-0.15, -0.1) is 0 Å². The van der Waals surface area contributed by atoms with Crippen LogP contribution in [-0.4, -0.2) is 26.5 Å². The number of carbonyl (C=O) groups excluding carboxylic acids is 2. The molecule has 1 aliphatic rings. The summed E-state index contributed by atoms with van der Waals surface area (Å²) in [4.78, 5) is 42.7. The fraction of sp³-hybridized carbons (Fsp3) is 0. The minimum absolute atomic E-state index is 0.329. The summed E-state index contributed by atoms with van der Waals surface area (Å²) in [5.41, 5.74) is 0. The van der Waals surface area contributed by atoms with E-state index in [1.165, 1.54) is 12.2 Å². The normalized spacial score (nSPS) is 15.2. The Morgan fingerprint density at radius 2 is 1.42 bits per heavy atom. The summed E-state index contributed by atoms with van der Waals surface area (Å²) in [6.07, 6.45) is 2.39. The summed E-state index contributed by atoms with van der Waals surface area (Å²) in [5, 5.41) is 2.03. The van der Waals surface area contributed by atoms with Gasteiger partial charge in [0.15, 0.2) is 0 Å². The van der Waals surface area contributed by atoms with E-state index < -0.39 is 6.72 Å². The van der Waals surface area contributed by atoms with Crippen LogP contribution in [0.25, 0.3) is 0 Å². The topological polar surface area (TPSA) is 107 Å². The van der Waals surface area contributed by atoms with Crippen LogP contribution >= 0.6 is 6.72 Å². The molecule has 1 rings (SSSR count). The number of rotatable bonds is 0. The van der Waals surface area contributed by atoms with Gasteiger partial charge in [-0.3, -0.25) is 14.9 Å². The molecule has 4 N–H and O–H groups in total. The summed E-state index contributed by atoms with van der Waals surface area (Å²) < 4.78 is 0. The molecule has 68 valence electrons. The number of nitrogens with one attached hydrogen (secondary N) is 1.